The molecule has 1 amide bonds. The molecular formula is C15H20N2O3. The van der Waals surface area contributed by atoms with Gasteiger partial charge in [0.25, 0.3) is 0 Å². The molecule has 5 nitrogen and oxygen atoms in total. The molecule has 1 aliphatic carbocycles. The molecule has 1 saturated carbocycles. The second-order valence-corrected chi connectivity index (χ2v) is 5.57. The van der Waals surface area contributed by atoms with Crippen molar-refractivity contribution in [2.45, 2.75) is 44.1 Å². The monoisotopic (exact) mass is 276 g/mol. The number of carbonyl (C=O) groups excluding carboxylic acids is 1. The molecule has 0 radical (unpaired) electrons. The number of aliphatic carboxylic acids is 1. The van der Waals surface area contributed by atoms with Gasteiger partial charge in [-0.3, -0.25) is 9.59 Å². The second kappa shape index (κ2) is 6.05. The fourth-order valence-corrected chi connectivity index (χ4v) is 2.71. The zero-order valence-corrected chi connectivity index (χ0v) is 11.4. The van der Waals surface area contributed by atoms with Gasteiger partial charge in [-0.15, -0.1) is 0 Å². The van der Waals surface area contributed by atoms with Crippen LogP contribution in [0.5, 0.6) is 0 Å². The van der Waals surface area contributed by atoms with Gasteiger partial charge in [0.05, 0.1) is 6.42 Å². The molecule has 0 unspecified atom stereocenters. The first-order valence-corrected chi connectivity index (χ1v) is 6.86. The number of nitrogens with one attached hydrogen (secondary N) is 1. The van der Waals surface area contributed by atoms with Crippen molar-refractivity contribution in [1.29, 1.82) is 0 Å². The highest BCUT2D eigenvalue weighted by molar-refractivity contribution is 5.91. The molecule has 0 saturated heterocycles. The van der Waals surface area contributed by atoms with Gasteiger partial charge in [-0.25, -0.2) is 0 Å². The van der Waals surface area contributed by atoms with E-state index in [1.165, 1.54) is 0 Å². The van der Waals surface area contributed by atoms with Crippen LogP contribution in [0, 0.1) is 0 Å². The summed E-state index contributed by atoms with van der Waals surface area (Å²) in [5, 5.41) is 11.6. The van der Waals surface area contributed by atoms with Crippen LogP contribution < -0.4 is 11.1 Å². The van der Waals surface area contributed by atoms with E-state index in [9.17, 15) is 9.59 Å². The van der Waals surface area contributed by atoms with Crippen LogP contribution in [-0.4, -0.2) is 22.5 Å². The number of amides is 1. The predicted octanol–water partition coefficient (Wildman–Crippen LogP) is 1.91. The minimum Gasteiger partial charge on any atom is -0.481 e. The van der Waals surface area contributed by atoms with Crippen LogP contribution in [0.25, 0.3) is 0 Å². The normalized spacial score (nSPS) is 16.9. The molecule has 108 valence electrons. The van der Waals surface area contributed by atoms with E-state index in [0.717, 1.165) is 25.7 Å². The molecule has 5 heteroatoms. The predicted molar refractivity (Wildman–Crippen MR) is 76.4 cm³/mol. The topological polar surface area (TPSA) is 92.4 Å². The van der Waals surface area contributed by atoms with Crippen LogP contribution >= 0.6 is 0 Å². The highest BCUT2D eigenvalue weighted by atomic mass is 16.4. The lowest BCUT2D eigenvalue weighted by Crippen LogP contribution is -2.40. The van der Waals surface area contributed by atoms with Crippen molar-refractivity contribution in [3.05, 3.63) is 29.8 Å². The van der Waals surface area contributed by atoms with Crippen molar-refractivity contribution in [2.24, 2.45) is 5.73 Å². The number of carboxylic acids is 1. The molecule has 0 atom stereocenters. The SMILES string of the molecule is NC1(CC(=O)Nc2cccc(CC(=O)O)c2)CCCC1. The van der Waals surface area contributed by atoms with Gasteiger partial charge in [-0.2, -0.15) is 0 Å². The molecule has 1 fully saturated rings. The zero-order chi connectivity index (χ0) is 14.6. The minimum absolute atomic E-state index is 0.0511. The zero-order valence-electron chi connectivity index (χ0n) is 11.4. The second-order valence-electron chi connectivity index (χ2n) is 5.57. The van der Waals surface area contributed by atoms with E-state index in [-0.39, 0.29) is 17.9 Å². The third kappa shape index (κ3) is 4.06. The lowest BCUT2D eigenvalue weighted by Gasteiger charge is -2.22. The highest BCUT2D eigenvalue weighted by Gasteiger charge is 2.31. The summed E-state index contributed by atoms with van der Waals surface area (Å²) < 4.78 is 0. The van der Waals surface area contributed by atoms with Crippen LogP contribution in [0.1, 0.15) is 37.7 Å². The largest absolute Gasteiger partial charge is 0.481 e. The highest BCUT2D eigenvalue weighted by Crippen LogP contribution is 2.30. The van der Waals surface area contributed by atoms with Gasteiger partial charge in [-0.05, 0) is 30.5 Å². The third-order valence-electron chi connectivity index (χ3n) is 3.68. The van der Waals surface area contributed by atoms with E-state index >= 15 is 0 Å². The number of hydrogen-bond acceptors (Lipinski definition) is 3. The van der Waals surface area contributed by atoms with Gasteiger partial charge in [0.15, 0.2) is 0 Å². The summed E-state index contributed by atoms with van der Waals surface area (Å²) in [6.07, 6.45) is 4.20. The molecule has 1 aromatic rings. The minimum atomic E-state index is -0.889. The van der Waals surface area contributed by atoms with Crippen molar-refractivity contribution in [1.82, 2.24) is 0 Å². The van der Waals surface area contributed by atoms with Crippen LogP contribution in [-0.2, 0) is 16.0 Å². The number of anilines is 1. The Balaban J connectivity index is 1.95. The van der Waals surface area contributed by atoms with Gasteiger partial charge in [-0.1, -0.05) is 25.0 Å². The van der Waals surface area contributed by atoms with Crippen molar-refractivity contribution in [2.75, 3.05) is 5.32 Å². The molecule has 0 aromatic heterocycles. The molecule has 2 rings (SSSR count). The van der Waals surface area contributed by atoms with E-state index in [1.54, 1.807) is 24.3 Å². The third-order valence-corrected chi connectivity index (χ3v) is 3.68. The van der Waals surface area contributed by atoms with E-state index in [0.29, 0.717) is 17.7 Å². The Bertz CT molecular complexity index is 508. The maximum Gasteiger partial charge on any atom is 0.307 e. The lowest BCUT2D eigenvalue weighted by atomic mass is 9.94. The summed E-state index contributed by atoms with van der Waals surface area (Å²) in [4.78, 5) is 22.7. The number of rotatable bonds is 5. The van der Waals surface area contributed by atoms with E-state index in [1.807, 2.05) is 0 Å². The summed E-state index contributed by atoms with van der Waals surface area (Å²) in [6.45, 7) is 0. The van der Waals surface area contributed by atoms with E-state index < -0.39 is 5.97 Å². The molecule has 20 heavy (non-hydrogen) atoms. The Morgan fingerprint density at radius 2 is 2.00 bits per heavy atom. The van der Waals surface area contributed by atoms with Gasteiger partial charge >= 0.3 is 5.97 Å². The van der Waals surface area contributed by atoms with Crippen LogP contribution in [0.3, 0.4) is 0 Å². The summed E-state index contributed by atoms with van der Waals surface area (Å²) >= 11 is 0. The van der Waals surface area contributed by atoms with E-state index in [2.05, 4.69) is 5.32 Å². The maximum absolute atomic E-state index is 12.0. The molecule has 0 bridgehead atoms. The number of carbonyl (C=O) groups is 2. The quantitative estimate of drug-likeness (QED) is 0.766. The van der Waals surface area contributed by atoms with Gasteiger partial charge < -0.3 is 16.2 Å². The van der Waals surface area contributed by atoms with Gasteiger partial charge in [0, 0.05) is 17.6 Å². The summed E-state index contributed by atoms with van der Waals surface area (Å²) in [5.41, 5.74) is 7.08. The number of carboxylic acid groups (broad SMARTS) is 1. The molecule has 0 heterocycles. The first-order chi connectivity index (χ1) is 9.47. The number of nitrogens with two attached hydrogens (primary N) is 1. The first kappa shape index (κ1) is 14.5. The molecular weight excluding hydrogens is 256 g/mol. The standard InChI is InChI=1S/C15H20N2O3/c16-15(6-1-2-7-15)10-13(18)17-12-5-3-4-11(8-12)9-14(19)20/h3-5,8H,1-2,6-7,9-10,16H2,(H,17,18)(H,19,20). The number of benzene rings is 1. The van der Waals surface area contributed by atoms with Crippen molar-refractivity contribution < 1.29 is 14.7 Å². The van der Waals surface area contributed by atoms with Gasteiger partial charge in [0.1, 0.15) is 0 Å². The Morgan fingerprint density at radius 1 is 1.30 bits per heavy atom. The average Bonchev–Trinajstić information content (AvgIpc) is 2.74. The van der Waals surface area contributed by atoms with Crippen LogP contribution in [0.4, 0.5) is 5.69 Å². The number of hydrogen-bond donors (Lipinski definition) is 3. The summed E-state index contributed by atoms with van der Waals surface area (Å²) in [5.74, 6) is -0.998. The van der Waals surface area contributed by atoms with E-state index in [4.69, 9.17) is 10.8 Å². The molecule has 1 aromatic carbocycles. The Hall–Kier alpha value is -1.88. The van der Waals surface area contributed by atoms with Crippen molar-refractivity contribution in [3.8, 4) is 0 Å². The van der Waals surface area contributed by atoms with Crippen molar-refractivity contribution >= 4 is 17.6 Å². The molecule has 4 N–H and O–H groups in total. The maximum atomic E-state index is 12.0. The smallest absolute Gasteiger partial charge is 0.307 e. The molecule has 1 aliphatic rings. The van der Waals surface area contributed by atoms with Crippen LogP contribution in [0.15, 0.2) is 24.3 Å². The molecule has 0 spiro atoms. The van der Waals surface area contributed by atoms with Gasteiger partial charge in [0.2, 0.25) is 5.91 Å². The lowest BCUT2D eigenvalue weighted by molar-refractivity contribution is -0.136. The van der Waals surface area contributed by atoms with Crippen molar-refractivity contribution in [3.63, 3.8) is 0 Å². The fourth-order valence-electron chi connectivity index (χ4n) is 2.71. The summed E-state index contributed by atoms with van der Waals surface area (Å²) in [6, 6.07) is 6.90. The Kier molecular flexibility index (Phi) is 4.39. The first-order valence-electron chi connectivity index (χ1n) is 6.86. The molecule has 0 aliphatic heterocycles. The Labute approximate surface area is 118 Å². The van der Waals surface area contributed by atoms with Crippen LogP contribution in [0.2, 0.25) is 0 Å². The Morgan fingerprint density at radius 3 is 2.65 bits per heavy atom. The average molecular weight is 276 g/mol. The fraction of sp³-hybridized carbons (Fsp3) is 0.467. The summed E-state index contributed by atoms with van der Waals surface area (Å²) in [7, 11) is 0.